The molecule has 1 aliphatic heterocycles. The zero-order valence-corrected chi connectivity index (χ0v) is 13.7. The highest BCUT2D eigenvalue weighted by Gasteiger charge is 2.29. The molecule has 0 spiro atoms. The van der Waals surface area contributed by atoms with Gasteiger partial charge in [-0.3, -0.25) is 10.2 Å². The van der Waals surface area contributed by atoms with Crippen LogP contribution in [0.5, 0.6) is 0 Å². The van der Waals surface area contributed by atoms with E-state index in [1.165, 1.54) is 16.9 Å². The molecule has 2 aromatic carbocycles. The van der Waals surface area contributed by atoms with Gasteiger partial charge >= 0.3 is 0 Å². The molecular formula is C18H22N4O. The lowest BCUT2D eigenvalue weighted by atomic mass is 10.1. The Morgan fingerprint density at radius 1 is 1.09 bits per heavy atom. The van der Waals surface area contributed by atoms with Crippen LogP contribution in [0.25, 0.3) is 0 Å². The number of carbonyl (C=O) groups excluding carboxylic acids is 1. The summed E-state index contributed by atoms with van der Waals surface area (Å²) in [5.41, 5.74) is 9.56. The fourth-order valence-corrected chi connectivity index (χ4v) is 2.98. The van der Waals surface area contributed by atoms with Gasteiger partial charge in [-0.25, -0.2) is 5.43 Å². The second-order valence-electron chi connectivity index (χ2n) is 5.76. The van der Waals surface area contributed by atoms with Gasteiger partial charge < -0.3 is 9.80 Å². The van der Waals surface area contributed by atoms with Gasteiger partial charge in [0.25, 0.3) is 5.91 Å². The zero-order valence-electron chi connectivity index (χ0n) is 13.7. The van der Waals surface area contributed by atoms with Crippen LogP contribution >= 0.6 is 0 Å². The van der Waals surface area contributed by atoms with Gasteiger partial charge in [0.05, 0.1) is 17.5 Å². The molecule has 0 radical (unpaired) electrons. The van der Waals surface area contributed by atoms with Gasteiger partial charge in [0.2, 0.25) is 0 Å². The van der Waals surface area contributed by atoms with Crippen LogP contribution < -0.4 is 20.7 Å². The predicted octanol–water partition coefficient (Wildman–Crippen LogP) is 2.35. The fourth-order valence-electron chi connectivity index (χ4n) is 2.98. The Bertz CT molecular complexity index is 698. The molecule has 1 aliphatic rings. The number of para-hydroxylation sites is 2. The molecule has 5 nitrogen and oxygen atoms in total. The van der Waals surface area contributed by atoms with Crippen molar-refractivity contribution in [3.05, 3.63) is 59.7 Å². The van der Waals surface area contributed by atoms with E-state index in [1.807, 2.05) is 24.3 Å². The number of benzene rings is 2. The van der Waals surface area contributed by atoms with E-state index >= 15 is 0 Å². The highest BCUT2D eigenvalue weighted by Crippen LogP contribution is 2.38. The van der Waals surface area contributed by atoms with Gasteiger partial charge in [0.1, 0.15) is 0 Å². The number of rotatable bonds is 4. The second kappa shape index (κ2) is 6.30. The smallest absolute Gasteiger partial charge is 0.265 e. The molecular weight excluding hydrogens is 288 g/mol. The average molecular weight is 310 g/mol. The number of carbonyl (C=O) groups is 1. The third-order valence-corrected chi connectivity index (χ3v) is 4.39. The monoisotopic (exact) mass is 310 g/mol. The lowest BCUT2D eigenvalue weighted by Gasteiger charge is -2.27. The largest absolute Gasteiger partial charge is 0.353 e. The van der Waals surface area contributed by atoms with Crippen molar-refractivity contribution in [2.24, 2.45) is 0 Å². The number of anilines is 2. The number of hydrogen-bond acceptors (Lipinski definition) is 4. The van der Waals surface area contributed by atoms with Crippen molar-refractivity contribution in [1.82, 2.24) is 10.9 Å². The van der Waals surface area contributed by atoms with Crippen LogP contribution in [0.3, 0.4) is 0 Å². The van der Waals surface area contributed by atoms with Gasteiger partial charge in [-0.1, -0.05) is 24.3 Å². The SMILES string of the molecule is CNNC(=O)c1ccc(CN2c3ccccc3N(C)C2C)cc1. The number of hydrazine groups is 1. The van der Waals surface area contributed by atoms with Crippen LogP contribution in [0.2, 0.25) is 0 Å². The molecule has 23 heavy (non-hydrogen) atoms. The van der Waals surface area contributed by atoms with Gasteiger partial charge in [-0.05, 0) is 36.8 Å². The lowest BCUT2D eigenvalue weighted by molar-refractivity contribution is 0.0938. The van der Waals surface area contributed by atoms with Crippen molar-refractivity contribution in [3.8, 4) is 0 Å². The summed E-state index contributed by atoms with van der Waals surface area (Å²) in [5.74, 6) is -0.126. The first kappa shape index (κ1) is 15.4. The van der Waals surface area contributed by atoms with Crippen molar-refractivity contribution >= 4 is 17.3 Å². The first-order chi connectivity index (χ1) is 11.1. The summed E-state index contributed by atoms with van der Waals surface area (Å²) in [6, 6.07) is 16.2. The summed E-state index contributed by atoms with van der Waals surface area (Å²) >= 11 is 0. The van der Waals surface area contributed by atoms with E-state index in [9.17, 15) is 4.79 Å². The molecule has 3 rings (SSSR count). The second-order valence-corrected chi connectivity index (χ2v) is 5.76. The molecule has 0 saturated heterocycles. The van der Waals surface area contributed by atoms with Crippen molar-refractivity contribution in [2.45, 2.75) is 19.6 Å². The van der Waals surface area contributed by atoms with Gasteiger partial charge in [-0.2, -0.15) is 0 Å². The Morgan fingerprint density at radius 2 is 1.74 bits per heavy atom. The molecule has 0 bridgehead atoms. The van der Waals surface area contributed by atoms with Crippen LogP contribution in [0, 0.1) is 0 Å². The summed E-state index contributed by atoms with van der Waals surface area (Å²) < 4.78 is 0. The topological polar surface area (TPSA) is 47.6 Å². The van der Waals surface area contributed by atoms with Crippen molar-refractivity contribution in [3.63, 3.8) is 0 Å². The van der Waals surface area contributed by atoms with Gasteiger partial charge in [-0.15, -0.1) is 0 Å². The summed E-state index contributed by atoms with van der Waals surface area (Å²) in [6.45, 7) is 3.02. The van der Waals surface area contributed by atoms with E-state index in [2.05, 4.69) is 58.9 Å². The van der Waals surface area contributed by atoms with E-state index in [4.69, 9.17) is 0 Å². The molecule has 0 aromatic heterocycles. The van der Waals surface area contributed by atoms with Crippen LogP contribution in [0.1, 0.15) is 22.8 Å². The minimum absolute atomic E-state index is 0.126. The van der Waals surface area contributed by atoms with Gasteiger partial charge in [0.15, 0.2) is 0 Å². The summed E-state index contributed by atoms with van der Waals surface area (Å²) in [7, 11) is 3.80. The first-order valence-corrected chi connectivity index (χ1v) is 7.76. The van der Waals surface area contributed by atoms with Crippen LogP contribution in [0.15, 0.2) is 48.5 Å². The summed E-state index contributed by atoms with van der Waals surface area (Å²) in [6.07, 6.45) is 0.305. The zero-order chi connectivity index (χ0) is 16.4. The van der Waals surface area contributed by atoms with E-state index in [1.54, 1.807) is 7.05 Å². The predicted molar refractivity (Wildman–Crippen MR) is 93.5 cm³/mol. The molecule has 1 unspecified atom stereocenters. The van der Waals surface area contributed by atoms with Crippen LogP contribution in [-0.2, 0) is 6.54 Å². The molecule has 0 saturated carbocycles. The number of fused-ring (bicyclic) bond motifs is 1. The Morgan fingerprint density at radius 3 is 2.39 bits per heavy atom. The molecule has 1 amide bonds. The van der Waals surface area contributed by atoms with Crippen LogP contribution in [0.4, 0.5) is 11.4 Å². The maximum Gasteiger partial charge on any atom is 0.265 e. The Kier molecular flexibility index (Phi) is 4.21. The maximum absolute atomic E-state index is 11.8. The Balaban J connectivity index is 1.78. The molecule has 5 heteroatoms. The van der Waals surface area contributed by atoms with E-state index in [0.717, 1.165) is 6.54 Å². The molecule has 2 aromatic rings. The van der Waals surface area contributed by atoms with Crippen molar-refractivity contribution < 1.29 is 4.79 Å². The van der Waals surface area contributed by atoms with Crippen molar-refractivity contribution in [1.29, 1.82) is 0 Å². The fraction of sp³-hybridized carbons (Fsp3) is 0.278. The van der Waals surface area contributed by atoms with Crippen molar-refractivity contribution in [2.75, 3.05) is 23.9 Å². The minimum Gasteiger partial charge on any atom is -0.353 e. The van der Waals surface area contributed by atoms with E-state index in [0.29, 0.717) is 11.7 Å². The maximum atomic E-state index is 11.8. The number of hydrogen-bond donors (Lipinski definition) is 2. The molecule has 1 heterocycles. The molecule has 0 aliphatic carbocycles. The third kappa shape index (κ3) is 2.87. The normalized spacial score (nSPS) is 16.4. The van der Waals surface area contributed by atoms with Gasteiger partial charge in [0, 0.05) is 26.2 Å². The third-order valence-electron chi connectivity index (χ3n) is 4.39. The molecule has 1 atom stereocenters. The minimum atomic E-state index is -0.126. The highest BCUT2D eigenvalue weighted by atomic mass is 16.2. The molecule has 2 N–H and O–H groups in total. The van der Waals surface area contributed by atoms with E-state index in [-0.39, 0.29) is 5.91 Å². The summed E-state index contributed by atoms with van der Waals surface area (Å²) in [5, 5.41) is 0. The Labute approximate surface area is 136 Å². The average Bonchev–Trinajstić information content (AvgIpc) is 2.81. The molecule has 0 fully saturated rings. The van der Waals surface area contributed by atoms with Crippen LogP contribution in [-0.4, -0.2) is 26.2 Å². The highest BCUT2D eigenvalue weighted by molar-refractivity contribution is 5.93. The lowest BCUT2D eigenvalue weighted by Crippen LogP contribution is -2.38. The number of amides is 1. The number of nitrogens with zero attached hydrogens (tertiary/aromatic N) is 2. The molecule has 120 valence electrons. The first-order valence-electron chi connectivity index (χ1n) is 7.76. The summed E-state index contributed by atoms with van der Waals surface area (Å²) in [4.78, 5) is 16.4. The standard InChI is InChI=1S/C18H22N4O/c1-13-21(3)16-6-4-5-7-17(16)22(13)12-14-8-10-15(11-9-14)18(23)20-19-2/h4-11,13,19H,12H2,1-3H3,(H,20,23). The Hall–Kier alpha value is -2.53. The van der Waals surface area contributed by atoms with E-state index < -0.39 is 0 Å². The number of nitrogens with one attached hydrogen (secondary N) is 2. The quantitative estimate of drug-likeness (QED) is 0.851.